The first-order valence-electron chi connectivity index (χ1n) is 21.6. The first-order valence-corrected chi connectivity index (χ1v) is 21.6. The summed E-state index contributed by atoms with van der Waals surface area (Å²) < 4.78 is 0. The monoisotopic (exact) mass is 740 g/mol. The molecule has 1 spiro atoms. The van der Waals surface area contributed by atoms with Crippen molar-refractivity contribution in [2.45, 2.75) is 37.5 Å². The van der Waals surface area contributed by atoms with Gasteiger partial charge in [-0.3, -0.25) is 0 Å². The summed E-state index contributed by atoms with van der Waals surface area (Å²) >= 11 is 0. The van der Waals surface area contributed by atoms with Crippen molar-refractivity contribution in [2.75, 3.05) is 0 Å². The molecule has 0 unspecified atom stereocenters. The van der Waals surface area contributed by atoms with E-state index < -0.39 is 0 Å². The minimum Gasteiger partial charge on any atom is -0.0622 e. The van der Waals surface area contributed by atoms with Crippen LogP contribution in [0.15, 0.2) is 182 Å². The minimum absolute atomic E-state index is 0.181. The van der Waals surface area contributed by atoms with Crippen molar-refractivity contribution in [3.63, 3.8) is 0 Å². The van der Waals surface area contributed by atoms with E-state index in [0.717, 1.165) is 23.7 Å². The summed E-state index contributed by atoms with van der Waals surface area (Å²) in [6, 6.07) is 69.0. The van der Waals surface area contributed by atoms with Crippen LogP contribution in [0.5, 0.6) is 0 Å². The third-order valence-corrected chi connectivity index (χ3v) is 15.2. The number of hydrogen-bond donors (Lipinski definition) is 0. The van der Waals surface area contributed by atoms with Gasteiger partial charge in [-0.15, -0.1) is 0 Å². The van der Waals surface area contributed by atoms with Gasteiger partial charge < -0.3 is 0 Å². The number of rotatable bonds is 4. The molecule has 4 fully saturated rings. The topological polar surface area (TPSA) is 0 Å². The first kappa shape index (κ1) is 32.8. The lowest BCUT2D eigenvalue weighted by Crippen LogP contribution is -2.55. The SMILES string of the molecule is c1ccc(-c2c3ccccc3c(-c3ccccc3-c3cccc(-c4ccc5ccc6c(c5c4)-c4ccccc4C64C5CC6CC(C5)CC4C6)c3)c3ccccc23)cc1. The second kappa shape index (κ2) is 12.4. The fourth-order valence-electron chi connectivity index (χ4n) is 13.3. The van der Waals surface area contributed by atoms with Gasteiger partial charge in [-0.25, -0.2) is 0 Å². The van der Waals surface area contributed by atoms with Crippen LogP contribution in [-0.2, 0) is 5.41 Å². The summed E-state index contributed by atoms with van der Waals surface area (Å²) in [4.78, 5) is 0. The average Bonchev–Trinajstić information content (AvgIpc) is 3.58. The molecule has 4 saturated carbocycles. The van der Waals surface area contributed by atoms with Gasteiger partial charge in [0.15, 0.2) is 0 Å². The fourth-order valence-corrected chi connectivity index (χ4v) is 13.3. The van der Waals surface area contributed by atoms with E-state index in [9.17, 15) is 0 Å². The second-order valence-corrected chi connectivity index (χ2v) is 18.0. The molecular formula is C58H44. The maximum atomic E-state index is 2.55. The van der Waals surface area contributed by atoms with Crippen LogP contribution in [0.3, 0.4) is 0 Å². The second-order valence-electron chi connectivity index (χ2n) is 18.0. The van der Waals surface area contributed by atoms with Crippen LogP contribution in [0.2, 0.25) is 0 Å². The maximum Gasteiger partial charge on any atom is 0.0272 e. The van der Waals surface area contributed by atoms with Crippen LogP contribution in [0, 0.1) is 23.7 Å². The molecule has 4 bridgehead atoms. The lowest BCUT2D eigenvalue weighted by atomic mass is 9.43. The molecule has 5 aliphatic rings. The lowest BCUT2D eigenvalue weighted by Gasteiger charge is -2.61. The van der Waals surface area contributed by atoms with E-state index in [4.69, 9.17) is 0 Å². The van der Waals surface area contributed by atoms with E-state index in [-0.39, 0.29) is 5.41 Å². The Hall–Kier alpha value is -6.24. The Kier molecular flexibility index (Phi) is 7.00. The van der Waals surface area contributed by atoms with Gasteiger partial charge in [0.2, 0.25) is 0 Å². The van der Waals surface area contributed by atoms with Gasteiger partial charge in [-0.2, -0.15) is 0 Å². The smallest absolute Gasteiger partial charge is 0.0272 e. The highest BCUT2D eigenvalue weighted by molar-refractivity contribution is 6.22. The van der Waals surface area contributed by atoms with Crippen molar-refractivity contribution < 1.29 is 0 Å². The predicted molar refractivity (Wildman–Crippen MR) is 244 cm³/mol. The predicted octanol–water partition coefficient (Wildman–Crippen LogP) is 15.5. The van der Waals surface area contributed by atoms with Crippen LogP contribution in [0.25, 0.3) is 88.0 Å². The average molecular weight is 741 g/mol. The zero-order valence-electron chi connectivity index (χ0n) is 32.7. The highest BCUT2D eigenvalue weighted by Crippen LogP contribution is 2.70. The van der Waals surface area contributed by atoms with Gasteiger partial charge in [-0.05, 0) is 167 Å². The van der Waals surface area contributed by atoms with Gasteiger partial charge in [0.1, 0.15) is 0 Å². The third kappa shape index (κ3) is 4.52. The maximum absolute atomic E-state index is 2.55. The Morgan fingerprint density at radius 1 is 0.310 bits per heavy atom. The number of benzene rings is 9. The quantitative estimate of drug-likeness (QED) is 0.158. The van der Waals surface area contributed by atoms with Crippen molar-refractivity contribution in [1.82, 2.24) is 0 Å². The molecule has 0 amide bonds. The van der Waals surface area contributed by atoms with Crippen LogP contribution in [0.1, 0.15) is 43.2 Å². The largest absolute Gasteiger partial charge is 0.0622 e. The Balaban J connectivity index is 0.975. The van der Waals surface area contributed by atoms with E-state index >= 15 is 0 Å². The molecule has 0 radical (unpaired) electrons. The molecule has 0 aliphatic heterocycles. The number of hydrogen-bond acceptors (Lipinski definition) is 0. The standard InChI is InChI=1S/C58H44/c1-2-13-39(14-3-1)55-47-19-6-8-21-49(47)56(50-22-9-7-20-48(50)55)46-18-5-4-17-45(46)42-16-12-15-40(34-42)41-26-25-38-27-28-54-57(52(38)35-41)51-23-10-11-24-53(51)58(54)43-30-36-29-37(32-43)33-44(58)31-36/h1-28,34-37,43-44H,29-33H2. The van der Waals surface area contributed by atoms with Gasteiger partial charge >= 0.3 is 0 Å². The van der Waals surface area contributed by atoms with E-state index in [1.165, 1.54) is 120 Å². The Morgan fingerprint density at radius 3 is 1.55 bits per heavy atom. The molecule has 276 valence electrons. The molecule has 5 aliphatic carbocycles. The lowest BCUT2D eigenvalue weighted by molar-refractivity contribution is -0.0399. The Morgan fingerprint density at radius 2 is 0.845 bits per heavy atom. The molecule has 14 rings (SSSR count). The van der Waals surface area contributed by atoms with Gasteiger partial charge in [0.05, 0.1) is 0 Å². The van der Waals surface area contributed by atoms with E-state index in [1.54, 1.807) is 11.1 Å². The first-order chi connectivity index (χ1) is 28.7. The highest BCUT2D eigenvalue weighted by atomic mass is 14.6. The van der Waals surface area contributed by atoms with E-state index in [1.807, 2.05) is 0 Å². The van der Waals surface area contributed by atoms with Gasteiger partial charge in [0, 0.05) is 5.41 Å². The molecule has 0 heterocycles. The molecule has 0 nitrogen and oxygen atoms in total. The Bertz CT molecular complexity index is 3040. The fraction of sp³-hybridized carbons (Fsp3) is 0.172. The molecule has 0 N–H and O–H groups in total. The van der Waals surface area contributed by atoms with Crippen LogP contribution >= 0.6 is 0 Å². The van der Waals surface area contributed by atoms with Crippen LogP contribution < -0.4 is 0 Å². The molecule has 58 heavy (non-hydrogen) atoms. The van der Waals surface area contributed by atoms with Crippen LogP contribution in [-0.4, -0.2) is 0 Å². The molecular weight excluding hydrogens is 697 g/mol. The minimum atomic E-state index is 0.181. The molecule has 9 aromatic rings. The summed E-state index contributed by atoms with van der Waals surface area (Å²) in [6.45, 7) is 0. The summed E-state index contributed by atoms with van der Waals surface area (Å²) in [5.41, 5.74) is 16.6. The third-order valence-electron chi connectivity index (χ3n) is 15.2. The van der Waals surface area contributed by atoms with Crippen molar-refractivity contribution >= 4 is 32.3 Å². The highest BCUT2D eigenvalue weighted by Gasteiger charge is 2.61. The molecule has 0 atom stereocenters. The summed E-state index contributed by atoms with van der Waals surface area (Å²) in [5, 5.41) is 7.89. The van der Waals surface area contributed by atoms with Crippen molar-refractivity contribution in [3.05, 3.63) is 193 Å². The normalized spacial score (nSPS) is 22.6. The molecule has 9 aromatic carbocycles. The summed E-state index contributed by atoms with van der Waals surface area (Å²) in [7, 11) is 0. The van der Waals surface area contributed by atoms with E-state index in [2.05, 4.69) is 182 Å². The van der Waals surface area contributed by atoms with E-state index in [0.29, 0.717) is 0 Å². The van der Waals surface area contributed by atoms with Crippen molar-refractivity contribution in [3.8, 4) is 55.6 Å². The van der Waals surface area contributed by atoms with Gasteiger partial charge in [-0.1, -0.05) is 170 Å². The Labute approximate surface area is 340 Å². The number of fused-ring (bicyclic) bond motifs is 7. The molecule has 0 heteroatoms. The van der Waals surface area contributed by atoms with Gasteiger partial charge in [0.25, 0.3) is 0 Å². The van der Waals surface area contributed by atoms with Crippen molar-refractivity contribution in [1.29, 1.82) is 0 Å². The van der Waals surface area contributed by atoms with Crippen LogP contribution in [0.4, 0.5) is 0 Å². The summed E-state index contributed by atoms with van der Waals surface area (Å²) in [6.07, 6.45) is 7.13. The summed E-state index contributed by atoms with van der Waals surface area (Å²) in [5.74, 6) is 3.43. The van der Waals surface area contributed by atoms with Crippen molar-refractivity contribution in [2.24, 2.45) is 23.7 Å². The molecule has 0 saturated heterocycles. The zero-order valence-corrected chi connectivity index (χ0v) is 32.7. The zero-order chi connectivity index (χ0) is 38.0. The molecule has 0 aromatic heterocycles.